The predicted molar refractivity (Wildman–Crippen MR) is 73.1 cm³/mol. The first-order valence-corrected chi connectivity index (χ1v) is 8.02. The number of aryl methyl sites for hydroxylation is 2. The van der Waals surface area contributed by atoms with Crippen molar-refractivity contribution in [2.75, 3.05) is 13.1 Å². The molecule has 2 rings (SSSR count). The molecule has 1 aliphatic heterocycles. The quantitative estimate of drug-likeness (QED) is 0.876. The molecule has 0 amide bonds. The van der Waals surface area contributed by atoms with E-state index < -0.39 is 10.0 Å². The third-order valence-electron chi connectivity index (χ3n) is 3.86. The Balaban J connectivity index is 2.33. The molecule has 0 aliphatic carbocycles. The van der Waals surface area contributed by atoms with Crippen LogP contribution in [0.3, 0.4) is 0 Å². The Bertz CT molecular complexity index is 533. The monoisotopic (exact) mass is 286 g/mol. The van der Waals surface area contributed by atoms with Crippen molar-refractivity contribution < 1.29 is 8.42 Å². The molecule has 1 saturated heterocycles. The molecule has 1 aromatic rings. The van der Waals surface area contributed by atoms with E-state index in [1.54, 1.807) is 24.7 Å². The molecule has 0 radical (unpaired) electrons. The molecule has 0 spiro atoms. The Morgan fingerprint density at radius 3 is 2.74 bits per heavy atom. The standard InChI is InChI=1S/C12H22N4O2S/c1-9-4-5-16(11(6-9)7-13)19(17,18)12-8-15(3)10(2)14-12/h8-9,11H,4-7,13H2,1-3H3. The molecule has 0 aromatic carbocycles. The van der Waals surface area contributed by atoms with Crippen LogP contribution in [0.1, 0.15) is 25.6 Å². The number of nitrogens with zero attached hydrogens (tertiary/aromatic N) is 3. The van der Waals surface area contributed by atoms with E-state index in [0.29, 0.717) is 24.8 Å². The minimum absolute atomic E-state index is 0.115. The summed E-state index contributed by atoms with van der Waals surface area (Å²) in [5.74, 6) is 1.21. The fraction of sp³-hybridized carbons (Fsp3) is 0.750. The van der Waals surface area contributed by atoms with Gasteiger partial charge < -0.3 is 10.3 Å². The summed E-state index contributed by atoms with van der Waals surface area (Å²) in [6.45, 7) is 4.81. The number of hydrogen-bond donors (Lipinski definition) is 1. The largest absolute Gasteiger partial charge is 0.337 e. The second kappa shape index (κ2) is 5.22. The number of rotatable bonds is 3. The Morgan fingerprint density at radius 1 is 1.53 bits per heavy atom. The fourth-order valence-electron chi connectivity index (χ4n) is 2.53. The van der Waals surface area contributed by atoms with Gasteiger partial charge in [-0.2, -0.15) is 4.31 Å². The highest BCUT2D eigenvalue weighted by molar-refractivity contribution is 7.89. The second-order valence-corrected chi connectivity index (χ2v) is 7.21. The number of hydrogen-bond acceptors (Lipinski definition) is 4. The number of sulfonamides is 1. The third kappa shape index (κ3) is 2.68. The van der Waals surface area contributed by atoms with Crippen LogP contribution < -0.4 is 5.73 Å². The molecule has 0 bridgehead atoms. The van der Waals surface area contributed by atoms with Crippen molar-refractivity contribution in [1.82, 2.24) is 13.9 Å². The molecule has 0 saturated carbocycles. The van der Waals surface area contributed by atoms with Crippen LogP contribution >= 0.6 is 0 Å². The number of aromatic nitrogens is 2. The van der Waals surface area contributed by atoms with E-state index in [0.717, 1.165) is 12.8 Å². The molecular formula is C12H22N4O2S. The van der Waals surface area contributed by atoms with Gasteiger partial charge in [-0.05, 0) is 25.7 Å². The molecule has 19 heavy (non-hydrogen) atoms. The van der Waals surface area contributed by atoms with E-state index in [2.05, 4.69) is 11.9 Å². The molecule has 1 fully saturated rings. The first kappa shape index (κ1) is 14.5. The maximum atomic E-state index is 12.6. The summed E-state index contributed by atoms with van der Waals surface area (Å²) in [6, 6.07) is -0.115. The van der Waals surface area contributed by atoms with Gasteiger partial charge in [-0.15, -0.1) is 0 Å². The van der Waals surface area contributed by atoms with E-state index in [1.807, 2.05) is 0 Å². The third-order valence-corrected chi connectivity index (χ3v) is 5.68. The lowest BCUT2D eigenvalue weighted by molar-refractivity contribution is 0.210. The van der Waals surface area contributed by atoms with Crippen LogP contribution in [0.15, 0.2) is 11.2 Å². The van der Waals surface area contributed by atoms with Crippen molar-refractivity contribution in [2.45, 2.75) is 37.8 Å². The Kier molecular flexibility index (Phi) is 3.98. The summed E-state index contributed by atoms with van der Waals surface area (Å²) in [7, 11) is -1.74. The lowest BCUT2D eigenvalue weighted by Gasteiger charge is -2.36. The van der Waals surface area contributed by atoms with Crippen LogP contribution in [0.5, 0.6) is 0 Å². The Labute approximate surface area is 114 Å². The molecule has 2 N–H and O–H groups in total. The number of piperidine rings is 1. The van der Waals surface area contributed by atoms with Gasteiger partial charge in [-0.1, -0.05) is 6.92 Å². The Hall–Kier alpha value is -0.920. The molecule has 7 heteroatoms. The SMILES string of the molecule is Cc1nc(S(=O)(=O)N2CCC(C)CC2CN)cn1C. The molecule has 2 heterocycles. The van der Waals surface area contributed by atoms with Crippen LogP contribution in [-0.4, -0.2) is 41.4 Å². The first-order valence-electron chi connectivity index (χ1n) is 6.58. The topological polar surface area (TPSA) is 81.2 Å². The summed E-state index contributed by atoms with van der Waals surface area (Å²) in [5, 5.41) is 0.125. The van der Waals surface area contributed by atoms with Crippen molar-refractivity contribution >= 4 is 10.0 Å². The fourth-order valence-corrected chi connectivity index (χ4v) is 4.22. The average molecular weight is 286 g/mol. The lowest BCUT2D eigenvalue weighted by atomic mass is 9.94. The zero-order valence-corrected chi connectivity index (χ0v) is 12.5. The summed E-state index contributed by atoms with van der Waals surface area (Å²) in [5.41, 5.74) is 5.73. The normalized spacial score (nSPS) is 25.7. The molecular weight excluding hydrogens is 264 g/mol. The van der Waals surface area contributed by atoms with Gasteiger partial charge in [0.1, 0.15) is 5.82 Å². The molecule has 6 nitrogen and oxygen atoms in total. The van der Waals surface area contributed by atoms with Crippen LogP contribution in [-0.2, 0) is 17.1 Å². The van der Waals surface area contributed by atoms with Gasteiger partial charge in [-0.25, -0.2) is 13.4 Å². The van der Waals surface area contributed by atoms with Gasteiger partial charge >= 0.3 is 0 Å². The summed E-state index contributed by atoms with van der Waals surface area (Å²) >= 11 is 0. The highest BCUT2D eigenvalue weighted by atomic mass is 32.2. The van der Waals surface area contributed by atoms with Crippen LogP contribution in [0.4, 0.5) is 0 Å². The minimum atomic E-state index is -3.53. The van der Waals surface area contributed by atoms with E-state index in [4.69, 9.17) is 5.73 Å². The van der Waals surface area contributed by atoms with Gasteiger partial charge in [-0.3, -0.25) is 0 Å². The van der Waals surface area contributed by atoms with Crippen molar-refractivity contribution in [3.8, 4) is 0 Å². The second-order valence-electron chi connectivity index (χ2n) is 5.37. The molecule has 1 aromatic heterocycles. The highest BCUT2D eigenvalue weighted by Gasteiger charge is 2.36. The molecule has 1 aliphatic rings. The lowest BCUT2D eigenvalue weighted by Crippen LogP contribution is -2.49. The number of imidazole rings is 1. The van der Waals surface area contributed by atoms with Gasteiger partial charge in [0.15, 0.2) is 5.03 Å². The van der Waals surface area contributed by atoms with Crippen molar-refractivity contribution in [3.63, 3.8) is 0 Å². The minimum Gasteiger partial charge on any atom is -0.337 e. The summed E-state index contributed by atoms with van der Waals surface area (Å²) < 4.78 is 28.5. The highest BCUT2D eigenvalue weighted by Crippen LogP contribution is 2.27. The van der Waals surface area contributed by atoms with Crippen LogP contribution in [0.25, 0.3) is 0 Å². The Morgan fingerprint density at radius 2 is 2.21 bits per heavy atom. The molecule has 108 valence electrons. The van der Waals surface area contributed by atoms with E-state index >= 15 is 0 Å². The van der Waals surface area contributed by atoms with Crippen LogP contribution in [0.2, 0.25) is 0 Å². The van der Waals surface area contributed by atoms with Crippen molar-refractivity contribution in [1.29, 1.82) is 0 Å². The van der Waals surface area contributed by atoms with Gasteiger partial charge in [0.25, 0.3) is 10.0 Å². The van der Waals surface area contributed by atoms with E-state index in [-0.39, 0.29) is 11.1 Å². The first-order chi connectivity index (χ1) is 8.86. The molecule has 2 unspecified atom stereocenters. The maximum Gasteiger partial charge on any atom is 0.262 e. The van der Waals surface area contributed by atoms with Crippen molar-refractivity contribution in [3.05, 3.63) is 12.0 Å². The van der Waals surface area contributed by atoms with E-state index in [1.165, 1.54) is 4.31 Å². The summed E-state index contributed by atoms with van der Waals surface area (Å²) in [4.78, 5) is 4.14. The summed E-state index contributed by atoms with van der Waals surface area (Å²) in [6.07, 6.45) is 3.26. The van der Waals surface area contributed by atoms with Gasteiger partial charge in [0, 0.05) is 32.4 Å². The average Bonchev–Trinajstić information content (AvgIpc) is 2.70. The van der Waals surface area contributed by atoms with Crippen LogP contribution in [0, 0.1) is 12.8 Å². The zero-order chi connectivity index (χ0) is 14.2. The van der Waals surface area contributed by atoms with Gasteiger partial charge in [0.05, 0.1) is 0 Å². The molecule has 2 atom stereocenters. The number of nitrogens with two attached hydrogens (primary N) is 1. The smallest absolute Gasteiger partial charge is 0.262 e. The van der Waals surface area contributed by atoms with Gasteiger partial charge in [0.2, 0.25) is 0 Å². The zero-order valence-electron chi connectivity index (χ0n) is 11.7. The predicted octanol–water partition coefficient (Wildman–Crippen LogP) is 0.476. The maximum absolute atomic E-state index is 12.6. The van der Waals surface area contributed by atoms with Crippen molar-refractivity contribution in [2.24, 2.45) is 18.7 Å². The van der Waals surface area contributed by atoms with E-state index in [9.17, 15) is 8.42 Å².